The molecule has 1 rings (SSSR count). The molecule has 2 N–H and O–H groups in total. The van der Waals surface area contributed by atoms with Crippen LogP contribution in [-0.2, 0) is 14.3 Å². The molecule has 0 aromatic heterocycles. The van der Waals surface area contributed by atoms with E-state index in [2.05, 4.69) is 11.8 Å². The van der Waals surface area contributed by atoms with Crippen molar-refractivity contribution in [3.63, 3.8) is 0 Å². The molecular formula is C14H22N2O3. The van der Waals surface area contributed by atoms with Gasteiger partial charge >= 0.3 is 0 Å². The molecule has 5 heteroatoms. The van der Waals surface area contributed by atoms with Crippen molar-refractivity contribution in [2.45, 2.75) is 39.2 Å². The lowest BCUT2D eigenvalue weighted by atomic mass is 9.95. The summed E-state index contributed by atoms with van der Waals surface area (Å²) in [4.78, 5) is 25.4. The van der Waals surface area contributed by atoms with Crippen LogP contribution in [0.5, 0.6) is 0 Å². The molecule has 106 valence electrons. The smallest absolute Gasteiger partial charge is 0.299 e. The number of methoxy groups -OCH3 is 1. The molecule has 0 bridgehead atoms. The number of ether oxygens (including phenoxy) is 1. The number of hydrogen-bond acceptors (Lipinski definition) is 3. The Labute approximate surface area is 114 Å². The Kier molecular flexibility index (Phi) is 4.59. The molecule has 1 aliphatic rings. The Morgan fingerprint density at radius 3 is 2.53 bits per heavy atom. The summed E-state index contributed by atoms with van der Waals surface area (Å²) in [5.74, 6) is 4.60. The van der Waals surface area contributed by atoms with Gasteiger partial charge in [0.15, 0.2) is 0 Å². The summed E-state index contributed by atoms with van der Waals surface area (Å²) >= 11 is 0. The number of nitrogens with two attached hydrogens (primary N) is 1. The first-order valence-corrected chi connectivity index (χ1v) is 6.36. The van der Waals surface area contributed by atoms with Gasteiger partial charge in [0.05, 0.1) is 6.61 Å². The standard InChI is InChI=1S/C14H22N2O3/c1-13(2,3)8-6-11(17)16-9-5-7-14(16,10-19-4)12(15)18/h5,7,9-10H2,1-4H3,(H2,15,18). The van der Waals surface area contributed by atoms with Crippen LogP contribution in [0.1, 0.15) is 33.6 Å². The van der Waals surface area contributed by atoms with Crippen molar-refractivity contribution in [1.82, 2.24) is 4.90 Å². The highest BCUT2D eigenvalue weighted by Gasteiger charge is 2.48. The van der Waals surface area contributed by atoms with Gasteiger partial charge in [-0.05, 0) is 39.5 Å². The third kappa shape index (κ3) is 3.48. The van der Waals surface area contributed by atoms with E-state index in [4.69, 9.17) is 10.5 Å². The van der Waals surface area contributed by atoms with Crippen LogP contribution in [0.4, 0.5) is 0 Å². The SMILES string of the molecule is COCC1(C(N)=O)CCCN1C(=O)C#CC(C)(C)C. The average molecular weight is 266 g/mol. The maximum absolute atomic E-state index is 12.2. The number of amides is 2. The molecule has 19 heavy (non-hydrogen) atoms. The number of likely N-dealkylation sites (tertiary alicyclic amines) is 1. The molecule has 0 aromatic rings. The summed E-state index contributed by atoms with van der Waals surface area (Å²) in [7, 11) is 1.49. The molecule has 0 spiro atoms. The highest BCUT2D eigenvalue weighted by Crippen LogP contribution is 2.29. The summed E-state index contributed by atoms with van der Waals surface area (Å²) in [6.07, 6.45) is 1.26. The van der Waals surface area contributed by atoms with E-state index >= 15 is 0 Å². The molecule has 1 aliphatic heterocycles. The fraction of sp³-hybridized carbons (Fsp3) is 0.714. The van der Waals surface area contributed by atoms with Crippen molar-refractivity contribution >= 4 is 11.8 Å². The maximum Gasteiger partial charge on any atom is 0.299 e. The summed E-state index contributed by atoms with van der Waals surface area (Å²) in [6.45, 7) is 6.38. The Balaban J connectivity index is 3.00. The third-order valence-corrected chi connectivity index (χ3v) is 3.12. The van der Waals surface area contributed by atoms with Gasteiger partial charge in [-0.25, -0.2) is 0 Å². The van der Waals surface area contributed by atoms with E-state index in [1.165, 1.54) is 12.0 Å². The molecule has 0 saturated carbocycles. The van der Waals surface area contributed by atoms with Crippen LogP contribution >= 0.6 is 0 Å². The minimum absolute atomic E-state index is 0.116. The quantitative estimate of drug-likeness (QED) is 0.757. The van der Waals surface area contributed by atoms with Crippen LogP contribution in [0.25, 0.3) is 0 Å². The van der Waals surface area contributed by atoms with E-state index in [1.807, 2.05) is 20.8 Å². The number of nitrogens with zero attached hydrogens (tertiary/aromatic N) is 1. The van der Waals surface area contributed by atoms with Crippen molar-refractivity contribution in [2.75, 3.05) is 20.3 Å². The van der Waals surface area contributed by atoms with Gasteiger partial charge in [0, 0.05) is 19.1 Å². The minimum atomic E-state index is -1.04. The minimum Gasteiger partial charge on any atom is -0.382 e. The van der Waals surface area contributed by atoms with Gasteiger partial charge in [0.1, 0.15) is 5.54 Å². The van der Waals surface area contributed by atoms with E-state index in [0.717, 1.165) is 6.42 Å². The highest BCUT2D eigenvalue weighted by atomic mass is 16.5. The van der Waals surface area contributed by atoms with Crippen LogP contribution in [-0.4, -0.2) is 42.5 Å². The van der Waals surface area contributed by atoms with Crippen LogP contribution < -0.4 is 5.73 Å². The molecule has 1 fully saturated rings. The number of hydrogen-bond donors (Lipinski definition) is 1. The van der Waals surface area contributed by atoms with Gasteiger partial charge in [-0.15, -0.1) is 0 Å². The number of carbonyl (C=O) groups is 2. The van der Waals surface area contributed by atoms with Gasteiger partial charge in [-0.3, -0.25) is 9.59 Å². The van der Waals surface area contributed by atoms with Crippen LogP contribution in [0.3, 0.4) is 0 Å². The van der Waals surface area contributed by atoms with Crippen molar-refractivity contribution in [2.24, 2.45) is 11.1 Å². The predicted octanol–water partition coefficient (Wildman–Crippen LogP) is 0.529. The number of carbonyl (C=O) groups excluding carboxylic acids is 2. The normalized spacial score (nSPS) is 22.8. The second-order valence-corrected chi connectivity index (χ2v) is 5.89. The Morgan fingerprint density at radius 1 is 1.42 bits per heavy atom. The van der Waals surface area contributed by atoms with E-state index < -0.39 is 11.4 Å². The van der Waals surface area contributed by atoms with Crippen LogP contribution in [0, 0.1) is 17.3 Å². The molecule has 1 unspecified atom stereocenters. The molecule has 0 radical (unpaired) electrons. The maximum atomic E-state index is 12.2. The highest BCUT2D eigenvalue weighted by molar-refractivity contribution is 5.99. The zero-order valence-corrected chi connectivity index (χ0v) is 12.1. The van der Waals surface area contributed by atoms with Crippen molar-refractivity contribution in [3.05, 3.63) is 0 Å². The average Bonchev–Trinajstić information content (AvgIpc) is 2.70. The molecule has 1 heterocycles. The lowest BCUT2D eigenvalue weighted by Gasteiger charge is -2.33. The Hall–Kier alpha value is -1.54. The summed E-state index contributed by atoms with van der Waals surface area (Å²) < 4.78 is 5.07. The first-order chi connectivity index (χ1) is 8.73. The van der Waals surface area contributed by atoms with E-state index in [-0.39, 0.29) is 17.9 Å². The van der Waals surface area contributed by atoms with Gasteiger partial charge in [0.25, 0.3) is 5.91 Å². The first-order valence-electron chi connectivity index (χ1n) is 6.36. The lowest BCUT2D eigenvalue weighted by Crippen LogP contribution is -2.58. The summed E-state index contributed by atoms with van der Waals surface area (Å²) in [6, 6.07) is 0. The summed E-state index contributed by atoms with van der Waals surface area (Å²) in [5.41, 5.74) is 4.17. The van der Waals surface area contributed by atoms with Crippen molar-refractivity contribution < 1.29 is 14.3 Å². The lowest BCUT2D eigenvalue weighted by molar-refractivity contribution is -0.142. The number of primary amides is 1. The predicted molar refractivity (Wildman–Crippen MR) is 72.0 cm³/mol. The zero-order chi connectivity index (χ0) is 14.7. The summed E-state index contributed by atoms with van der Waals surface area (Å²) in [5, 5.41) is 0. The fourth-order valence-electron chi connectivity index (χ4n) is 2.20. The topological polar surface area (TPSA) is 72.6 Å². The van der Waals surface area contributed by atoms with E-state index in [1.54, 1.807) is 0 Å². The molecule has 5 nitrogen and oxygen atoms in total. The van der Waals surface area contributed by atoms with Gasteiger partial charge in [0.2, 0.25) is 5.91 Å². The van der Waals surface area contributed by atoms with Gasteiger partial charge in [-0.1, -0.05) is 5.92 Å². The Bertz CT molecular complexity index is 428. The number of rotatable bonds is 3. The van der Waals surface area contributed by atoms with Crippen LogP contribution in [0.2, 0.25) is 0 Å². The second kappa shape index (κ2) is 5.62. The molecular weight excluding hydrogens is 244 g/mol. The molecule has 2 amide bonds. The zero-order valence-electron chi connectivity index (χ0n) is 12.1. The van der Waals surface area contributed by atoms with E-state index in [0.29, 0.717) is 13.0 Å². The first kappa shape index (κ1) is 15.5. The van der Waals surface area contributed by atoms with Crippen molar-refractivity contribution in [3.8, 4) is 11.8 Å². The largest absolute Gasteiger partial charge is 0.382 e. The van der Waals surface area contributed by atoms with Gasteiger partial charge < -0.3 is 15.4 Å². The molecule has 1 saturated heterocycles. The van der Waals surface area contributed by atoms with Crippen molar-refractivity contribution in [1.29, 1.82) is 0 Å². The third-order valence-electron chi connectivity index (χ3n) is 3.12. The fourth-order valence-corrected chi connectivity index (χ4v) is 2.20. The molecule has 1 atom stereocenters. The second-order valence-electron chi connectivity index (χ2n) is 5.89. The molecule has 0 aromatic carbocycles. The van der Waals surface area contributed by atoms with Gasteiger partial charge in [-0.2, -0.15) is 0 Å². The van der Waals surface area contributed by atoms with Crippen LogP contribution in [0.15, 0.2) is 0 Å². The molecule has 0 aliphatic carbocycles. The monoisotopic (exact) mass is 266 g/mol. The van der Waals surface area contributed by atoms with E-state index in [9.17, 15) is 9.59 Å². The Morgan fingerprint density at radius 2 is 2.05 bits per heavy atom.